The highest BCUT2D eigenvalue weighted by molar-refractivity contribution is 5.91. The lowest BCUT2D eigenvalue weighted by Gasteiger charge is -2.39. The molecule has 4 aromatic rings. The number of aryl methyl sites for hydroxylation is 3. The van der Waals surface area contributed by atoms with Gasteiger partial charge in [0.2, 0.25) is 0 Å². The zero-order valence-electron chi connectivity index (χ0n) is 22.3. The molecule has 1 N–H and O–H groups in total. The average Bonchev–Trinajstić information content (AvgIpc) is 2.93. The Labute approximate surface area is 224 Å². The van der Waals surface area contributed by atoms with Crippen LogP contribution in [0.15, 0.2) is 84.9 Å². The first kappa shape index (κ1) is 25.6. The Hall–Kier alpha value is -4.05. The second-order valence-electron chi connectivity index (χ2n) is 10.5. The Morgan fingerprint density at radius 2 is 1.29 bits per heavy atom. The molecule has 0 radical (unpaired) electrons. The van der Waals surface area contributed by atoms with E-state index in [-0.39, 0.29) is 5.41 Å². The fourth-order valence-corrected chi connectivity index (χ4v) is 5.47. The molecule has 1 saturated carbocycles. The third-order valence-electron chi connectivity index (χ3n) is 7.73. The van der Waals surface area contributed by atoms with Crippen LogP contribution in [-0.4, -0.2) is 11.1 Å². The average molecular weight is 507 g/mol. The number of carbonyl (C=O) groups excluding carboxylic acids is 1. The van der Waals surface area contributed by atoms with Gasteiger partial charge in [-0.1, -0.05) is 61.2 Å². The molecule has 0 heterocycles. The molecule has 1 aliphatic rings. The summed E-state index contributed by atoms with van der Waals surface area (Å²) in [5.74, 6) is 1.90. The maximum Gasteiger partial charge on any atom is 0.343 e. The monoisotopic (exact) mass is 506 g/mol. The van der Waals surface area contributed by atoms with Gasteiger partial charge in [-0.2, -0.15) is 0 Å². The van der Waals surface area contributed by atoms with Crippen LogP contribution >= 0.6 is 0 Å². The van der Waals surface area contributed by atoms with E-state index in [1.807, 2.05) is 51.1 Å². The summed E-state index contributed by atoms with van der Waals surface area (Å²) in [4.78, 5) is 12.9. The Morgan fingerprint density at radius 1 is 0.711 bits per heavy atom. The highest BCUT2D eigenvalue weighted by Gasteiger charge is 2.36. The van der Waals surface area contributed by atoms with Crippen LogP contribution in [0.4, 0.5) is 0 Å². The number of aromatic hydroxyl groups is 1. The van der Waals surface area contributed by atoms with Crippen molar-refractivity contribution in [3.63, 3.8) is 0 Å². The van der Waals surface area contributed by atoms with Crippen molar-refractivity contribution in [1.29, 1.82) is 0 Å². The second-order valence-corrected chi connectivity index (χ2v) is 10.5. The van der Waals surface area contributed by atoms with Gasteiger partial charge in [0.1, 0.15) is 23.0 Å². The molecular weight excluding hydrogens is 472 g/mol. The van der Waals surface area contributed by atoms with E-state index >= 15 is 0 Å². The smallest absolute Gasteiger partial charge is 0.343 e. The lowest BCUT2D eigenvalue weighted by molar-refractivity contribution is 0.0733. The molecule has 1 aliphatic carbocycles. The van der Waals surface area contributed by atoms with E-state index in [0.717, 1.165) is 29.7 Å². The van der Waals surface area contributed by atoms with Gasteiger partial charge >= 0.3 is 5.97 Å². The molecule has 0 aliphatic heterocycles. The third kappa shape index (κ3) is 5.31. The number of hydrogen-bond acceptors (Lipinski definition) is 4. The Kier molecular flexibility index (Phi) is 7.24. The van der Waals surface area contributed by atoms with Gasteiger partial charge in [0.25, 0.3) is 0 Å². The SMILES string of the molecule is Cc1ccc(Oc2ccc(C(=O)Oc3ccc(C4(c5ccc(O)c(C)c5)CCCCC4)cc3C)cc2)cc1. The van der Waals surface area contributed by atoms with Crippen LogP contribution in [0.1, 0.15) is 70.3 Å². The lowest BCUT2D eigenvalue weighted by atomic mass is 9.65. The second kappa shape index (κ2) is 10.7. The van der Waals surface area contributed by atoms with E-state index in [9.17, 15) is 9.90 Å². The summed E-state index contributed by atoms with van der Waals surface area (Å²) in [6, 6.07) is 27.0. The van der Waals surface area contributed by atoms with Gasteiger partial charge in [-0.15, -0.1) is 0 Å². The lowest BCUT2D eigenvalue weighted by Crippen LogP contribution is -2.30. The Bertz CT molecular complexity index is 1430. The fourth-order valence-electron chi connectivity index (χ4n) is 5.47. The third-order valence-corrected chi connectivity index (χ3v) is 7.73. The number of ether oxygens (including phenoxy) is 2. The molecule has 0 amide bonds. The van der Waals surface area contributed by atoms with Crippen molar-refractivity contribution < 1.29 is 19.4 Å². The minimum Gasteiger partial charge on any atom is -0.508 e. The highest BCUT2D eigenvalue weighted by atomic mass is 16.5. The van der Waals surface area contributed by atoms with Gasteiger partial charge in [-0.25, -0.2) is 4.79 Å². The number of benzene rings is 4. The van der Waals surface area contributed by atoms with Gasteiger partial charge in [0.05, 0.1) is 5.56 Å². The highest BCUT2D eigenvalue weighted by Crippen LogP contribution is 2.46. The minimum atomic E-state index is -0.399. The standard InChI is InChI=1S/C34H34O4/c1-23-7-13-29(14-8-23)37-30-15-9-26(10-16-30)33(36)38-32-18-12-28(22-25(32)3)34(19-5-4-6-20-34)27-11-17-31(35)24(2)21-27/h7-18,21-22,35H,4-6,19-20H2,1-3H3. The molecule has 4 nitrogen and oxygen atoms in total. The minimum absolute atomic E-state index is 0.0999. The summed E-state index contributed by atoms with van der Waals surface area (Å²) in [5, 5.41) is 10.1. The zero-order chi connectivity index (χ0) is 26.7. The molecular formula is C34H34O4. The van der Waals surface area contributed by atoms with E-state index in [4.69, 9.17) is 9.47 Å². The first-order valence-electron chi connectivity index (χ1n) is 13.3. The maximum atomic E-state index is 12.9. The number of carbonyl (C=O) groups is 1. The molecule has 194 valence electrons. The molecule has 5 rings (SSSR count). The fraction of sp³-hybridized carbons (Fsp3) is 0.265. The van der Waals surface area contributed by atoms with Crippen molar-refractivity contribution in [3.05, 3.63) is 118 Å². The summed E-state index contributed by atoms with van der Waals surface area (Å²) < 4.78 is 11.7. The number of phenols is 1. The number of esters is 1. The van der Waals surface area contributed by atoms with Crippen molar-refractivity contribution in [2.75, 3.05) is 0 Å². The van der Waals surface area contributed by atoms with Gasteiger partial charge in [0, 0.05) is 5.41 Å². The van der Waals surface area contributed by atoms with E-state index in [1.54, 1.807) is 30.3 Å². The van der Waals surface area contributed by atoms with Crippen molar-refractivity contribution in [1.82, 2.24) is 0 Å². The van der Waals surface area contributed by atoms with E-state index in [1.165, 1.54) is 36.0 Å². The molecule has 4 heteroatoms. The van der Waals surface area contributed by atoms with E-state index in [0.29, 0.717) is 22.8 Å². The maximum absolute atomic E-state index is 12.9. The van der Waals surface area contributed by atoms with Crippen LogP contribution < -0.4 is 9.47 Å². The molecule has 0 saturated heterocycles. The van der Waals surface area contributed by atoms with Crippen LogP contribution in [0.2, 0.25) is 0 Å². The molecule has 4 aromatic carbocycles. The van der Waals surface area contributed by atoms with Gasteiger partial charge < -0.3 is 14.6 Å². The van der Waals surface area contributed by atoms with E-state index in [2.05, 4.69) is 24.3 Å². The molecule has 0 aromatic heterocycles. The van der Waals surface area contributed by atoms with Crippen molar-refractivity contribution in [2.45, 2.75) is 58.3 Å². The Balaban J connectivity index is 1.33. The van der Waals surface area contributed by atoms with Gasteiger partial charge in [-0.3, -0.25) is 0 Å². The van der Waals surface area contributed by atoms with Crippen LogP contribution in [0, 0.1) is 20.8 Å². The molecule has 0 spiro atoms. The van der Waals surface area contributed by atoms with Crippen LogP contribution in [0.25, 0.3) is 0 Å². The first-order valence-corrected chi connectivity index (χ1v) is 13.3. The van der Waals surface area contributed by atoms with Crippen molar-refractivity contribution >= 4 is 5.97 Å². The normalized spacial score (nSPS) is 14.6. The van der Waals surface area contributed by atoms with Crippen LogP contribution in [0.3, 0.4) is 0 Å². The molecule has 1 fully saturated rings. The van der Waals surface area contributed by atoms with Crippen LogP contribution in [-0.2, 0) is 5.41 Å². The van der Waals surface area contributed by atoms with E-state index < -0.39 is 5.97 Å². The molecule has 0 atom stereocenters. The summed E-state index contributed by atoms with van der Waals surface area (Å²) in [6.07, 6.45) is 5.70. The predicted octanol–water partition coefficient (Wildman–Crippen LogP) is 8.58. The predicted molar refractivity (Wildman–Crippen MR) is 151 cm³/mol. The van der Waals surface area contributed by atoms with Gasteiger partial charge in [0.15, 0.2) is 0 Å². The summed E-state index contributed by atoms with van der Waals surface area (Å²) >= 11 is 0. The summed E-state index contributed by atoms with van der Waals surface area (Å²) in [6.45, 7) is 5.97. The summed E-state index contributed by atoms with van der Waals surface area (Å²) in [5.41, 5.74) is 5.83. The first-order chi connectivity index (χ1) is 18.3. The number of hydrogen-bond donors (Lipinski definition) is 1. The van der Waals surface area contributed by atoms with Crippen molar-refractivity contribution in [2.24, 2.45) is 0 Å². The molecule has 0 unspecified atom stereocenters. The van der Waals surface area contributed by atoms with Crippen LogP contribution in [0.5, 0.6) is 23.0 Å². The van der Waals surface area contributed by atoms with Crippen molar-refractivity contribution in [3.8, 4) is 23.0 Å². The zero-order valence-corrected chi connectivity index (χ0v) is 22.3. The quantitative estimate of drug-likeness (QED) is 0.210. The number of phenolic OH excluding ortho intramolecular Hbond substituents is 1. The molecule has 0 bridgehead atoms. The topological polar surface area (TPSA) is 55.8 Å². The number of rotatable bonds is 6. The van der Waals surface area contributed by atoms with Gasteiger partial charge in [-0.05, 0) is 104 Å². The Morgan fingerprint density at radius 3 is 1.89 bits per heavy atom. The molecule has 38 heavy (non-hydrogen) atoms. The largest absolute Gasteiger partial charge is 0.508 e. The summed E-state index contributed by atoms with van der Waals surface area (Å²) in [7, 11) is 0.